The van der Waals surface area contributed by atoms with Crippen LogP contribution in [0.4, 0.5) is 0 Å². The fraction of sp³-hybridized carbons (Fsp3) is 0.571. The first-order chi connectivity index (χ1) is 10.7. The van der Waals surface area contributed by atoms with E-state index in [1.165, 1.54) is 24.5 Å². The molecule has 0 bridgehead atoms. The summed E-state index contributed by atoms with van der Waals surface area (Å²) < 4.78 is 13.3. The van der Waals surface area contributed by atoms with Gasteiger partial charge in [0.2, 0.25) is 0 Å². The highest BCUT2D eigenvalue weighted by Crippen LogP contribution is 2.04. The first-order valence-electron chi connectivity index (χ1n) is 7.56. The molecule has 0 fully saturated rings. The topological polar surface area (TPSA) is 129 Å². The third kappa shape index (κ3) is 11.7. The Balaban J connectivity index is 0.000000332. The van der Waals surface area contributed by atoms with Crippen LogP contribution in [0.2, 0.25) is 0 Å². The molecule has 2 aromatic heterocycles. The van der Waals surface area contributed by atoms with Crippen molar-refractivity contribution in [2.75, 3.05) is 0 Å². The van der Waals surface area contributed by atoms with Crippen LogP contribution < -0.4 is 24.4 Å². The maximum Gasteiger partial charge on any atom is 0.251 e. The minimum absolute atomic E-state index is 1.12. The second-order valence-corrected chi connectivity index (χ2v) is 6.10. The van der Waals surface area contributed by atoms with Crippen LogP contribution in [0.1, 0.15) is 38.3 Å². The SMILES string of the molecule is CCC[n+]1cc[nH]c1C.CCC[n+]1cc[nH]c1C.NP(=O)([O-])[O-]. The summed E-state index contributed by atoms with van der Waals surface area (Å²) in [4.78, 5) is 24.0. The lowest BCUT2D eigenvalue weighted by atomic mass is 10.5. The van der Waals surface area contributed by atoms with Crippen LogP contribution in [0.15, 0.2) is 24.8 Å². The monoisotopic (exact) mass is 345 g/mol. The molecule has 0 atom stereocenters. The van der Waals surface area contributed by atoms with Gasteiger partial charge in [0.15, 0.2) is 0 Å². The molecule has 0 unspecified atom stereocenters. The third-order valence-electron chi connectivity index (χ3n) is 2.88. The quantitative estimate of drug-likeness (QED) is 0.524. The number of hydrogen-bond donors (Lipinski definition) is 3. The number of imidazole rings is 2. The third-order valence-corrected chi connectivity index (χ3v) is 2.88. The van der Waals surface area contributed by atoms with Gasteiger partial charge in [-0.15, -0.1) is 0 Å². The smallest absolute Gasteiger partial charge is 0.251 e. The molecule has 8 nitrogen and oxygen atoms in total. The van der Waals surface area contributed by atoms with Crippen LogP contribution >= 0.6 is 7.75 Å². The van der Waals surface area contributed by atoms with Gasteiger partial charge in [-0.05, 0) is 20.6 Å². The molecule has 0 aliphatic carbocycles. The molecule has 4 N–H and O–H groups in total. The number of aromatic nitrogens is 4. The number of aryl methyl sites for hydroxylation is 4. The minimum atomic E-state index is -4.64. The number of aromatic amines is 2. The van der Waals surface area contributed by atoms with Gasteiger partial charge in [-0.3, -0.25) is 0 Å². The van der Waals surface area contributed by atoms with Crippen molar-refractivity contribution >= 4 is 7.75 Å². The van der Waals surface area contributed by atoms with E-state index < -0.39 is 7.75 Å². The Morgan fingerprint density at radius 1 is 1.00 bits per heavy atom. The van der Waals surface area contributed by atoms with E-state index in [4.69, 9.17) is 14.4 Å². The summed E-state index contributed by atoms with van der Waals surface area (Å²) in [5.41, 5.74) is 3.80. The summed E-state index contributed by atoms with van der Waals surface area (Å²) in [5, 5.41) is 0. The van der Waals surface area contributed by atoms with Crippen molar-refractivity contribution in [2.45, 2.75) is 53.6 Å². The Morgan fingerprint density at radius 3 is 1.48 bits per heavy atom. The summed E-state index contributed by atoms with van der Waals surface area (Å²) in [6.07, 6.45) is 10.5. The van der Waals surface area contributed by atoms with Gasteiger partial charge in [0.05, 0.1) is 13.1 Å². The van der Waals surface area contributed by atoms with Gasteiger partial charge in [-0.2, -0.15) is 0 Å². The average molecular weight is 345 g/mol. The minimum Gasteiger partial charge on any atom is -0.799 e. The standard InChI is InChI=1S/2C7H12N2.H4NO3P/c2*1-3-5-9-6-4-8-7(9)2;1-5(2,3)4/h2*4,6H,3,5H2,1-2H3;(H4,1,2,3,4). The molecular weight excluding hydrogens is 317 g/mol. The van der Waals surface area contributed by atoms with Gasteiger partial charge in [-0.1, -0.05) is 13.8 Å². The largest absolute Gasteiger partial charge is 0.799 e. The molecule has 23 heavy (non-hydrogen) atoms. The molecule has 0 amide bonds. The number of hydrogen-bond acceptors (Lipinski definition) is 3. The van der Waals surface area contributed by atoms with Crippen molar-refractivity contribution in [3.63, 3.8) is 0 Å². The number of rotatable bonds is 4. The first-order valence-corrected chi connectivity index (χ1v) is 9.17. The van der Waals surface area contributed by atoms with Gasteiger partial charge < -0.3 is 19.9 Å². The molecule has 0 spiro atoms. The highest BCUT2D eigenvalue weighted by atomic mass is 31.2. The Bertz CT molecular complexity index is 540. The highest BCUT2D eigenvalue weighted by Gasteiger charge is 2.00. The molecule has 2 heterocycles. The summed E-state index contributed by atoms with van der Waals surface area (Å²) >= 11 is 0. The molecule has 2 aromatic rings. The summed E-state index contributed by atoms with van der Waals surface area (Å²) in [7, 11) is -4.64. The molecule has 132 valence electrons. The molecule has 9 heteroatoms. The summed E-state index contributed by atoms with van der Waals surface area (Å²) in [6.45, 7) is 10.8. The Kier molecular flexibility index (Phi) is 10.4. The van der Waals surface area contributed by atoms with E-state index in [1.807, 2.05) is 12.4 Å². The highest BCUT2D eigenvalue weighted by molar-refractivity contribution is 7.45. The van der Waals surface area contributed by atoms with Crippen molar-refractivity contribution in [1.82, 2.24) is 9.97 Å². The predicted molar refractivity (Wildman–Crippen MR) is 83.8 cm³/mol. The zero-order chi connectivity index (χ0) is 17.9. The molecule has 0 aliphatic rings. The molecule has 2 rings (SSSR count). The van der Waals surface area contributed by atoms with E-state index in [0.717, 1.165) is 13.1 Å². The zero-order valence-corrected chi connectivity index (χ0v) is 15.2. The maximum atomic E-state index is 8.88. The second-order valence-electron chi connectivity index (χ2n) is 5.02. The Morgan fingerprint density at radius 2 is 1.30 bits per heavy atom. The van der Waals surface area contributed by atoms with E-state index in [9.17, 15) is 0 Å². The van der Waals surface area contributed by atoms with E-state index in [0.29, 0.717) is 0 Å². The number of H-pyrrole nitrogens is 2. The number of nitrogens with zero attached hydrogens (tertiary/aromatic N) is 2. The average Bonchev–Trinajstić information content (AvgIpc) is 3.00. The van der Waals surface area contributed by atoms with Crippen molar-refractivity contribution in [3.05, 3.63) is 36.4 Å². The van der Waals surface area contributed by atoms with Crippen molar-refractivity contribution in [3.8, 4) is 0 Å². The summed E-state index contributed by atoms with van der Waals surface area (Å²) in [5.74, 6) is 2.47. The van der Waals surface area contributed by atoms with Gasteiger partial charge in [0, 0.05) is 13.8 Å². The van der Waals surface area contributed by atoms with Crippen LogP contribution in [0.3, 0.4) is 0 Å². The van der Waals surface area contributed by atoms with Gasteiger partial charge in [0.1, 0.15) is 24.8 Å². The fourth-order valence-corrected chi connectivity index (χ4v) is 1.85. The van der Waals surface area contributed by atoms with E-state index in [1.54, 1.807) is 0 Å². The Hall–Kier alpha value is -1.47. The lowest BCUT2D eigenvalue weighted by Crippen LogP contribution is -2.33. The van der Waals surface area contributed by atoms with Crippen molar-refractivity contribution in [2.24, 2.45) is 5.50 Å². The predicted octanol–water partition coefficient (Wildman–Crippen LogP) is -0.185. The van der Waals surface area contributed by atoms with Crippen molar-refractivity contribution < 1.29 is 23.5 Å². The number of nitrogens with two attached hydrogens (primary N) is 1. The van der Waals surface area contributed by atoms with E-state index in [-0.39, 0.29) is 0 Å². The first kappa shape index (κ1) is 21.5. The molecule has 0 saturated carbocycles. The lowest BCUT2D eigenvalue weighted by Gasteiger charge is -2.21. The number of nitrogens with one attached hydrogen (secondary N) is 2. The van der Waals surface area contributed by atoms with Crippen molar-refractivity contribution in [1.29, 1.82) is 0 Å². The van der Waals surface area contributed by atoms with E-state index in [2.05, 4.69) is 64.7 Å². The van der Waals surface area contributed by atoms with Crippen LogP contribution in [-0.2, 0) is 17.7 Å². The molecular formula is C14H28N5O3P. The Labute approximate surface area is 137 Å². The van der Waals surface area contributed by atoms with Crippen LogP contribution in [0.25, 0.3) is 0 Å². The molecule has 0 aromatic carbocycles. The van der Waals surface area contributed by atoms with Gasteiger partial charge >= 0.3 is 0 Å². The van der Waals surface area contributed by atoms with Crippen LogP contribution in [-0.4, -0.2) is 9.97 Å². The van der Waals surface area contributed by atoms with Crippen LogP contribution in [0.5, 0.6) is 0 Å². The second kappa shape index (κ2) is 11.1. The molecule has 0 aliphatic heterocycles. The van der Waals surface area contributed by atoms with Gasteiger partial charge in [-0.25, -0.2) is 19.1 Å². The fourth-order valence-electron chi connectivity index (χ4n) is 1.85. The van der Waals surface area contributed by atoms with E-state index >= 15 is 0 Å². The van der Waals surface area contributed by atoms with Gasteiger partial charge in [0.25, 0.3) is 11.6 Å². The molecule has 0 radical (unpaired) electrons. The maximum absolute atomic E-state index is 8.88. The lowest BCUT2D eigenvalue weighted by molar-refractivity contribution is -0.701. The summed E-state index contributed by atoms with van der Waals surface area (Å²) in [6, 6.07) is 0. The molecule has 0 saturated heterocycles. The normalized spacial score (nSPS) is 10.4. The zero-order valence-electron chi connectivity index (χ0n) is 14.3. The van der Waals surface area contributed by atoms with Crippen LogP contribution in [0, 0.1) is 13.8 Å².